The van der Waals surface area contributed by atoms with E-state index in [9.17, 15) is 0 Å². The lowest BCUT2D eigenvalue weighted by atomic mass is 10.1. The number of benzene rings is 1. The topological polar surface area (TPSA) is 35.4 Å². The van der Waals surface area contributed by atoms with E-state index in [0.717, 1.165) is 39.5 Å². The first-order valence-electron chi connectivity index (χ1n) is 7.20. The van der Waals surface area contributed by atoms with Gasteiger partial charge in [-0.2, -0.15) is 0 Å². The van der Waals surface area contributed by atoms with Gasteiger partial charge in [0.25, 0.3) is 0 Å². The quantitative estimate of drug-likeness (QED) is 0.714. The summed E-state index contributed by atoms with van der Waals surface area (Å²) in [5.41, 5.74) is 2.57. The summed E-state index contributed by atoms with van der Waals surface area (Å²) < 4.78 is 12.7. The highest BCUT2D eigenvalue weighted by atomic mass is 16.5. The maximum Gasteiger partial charge on any atom is 0.0645 e. The maximum absolute atomic E-state index is 5.43. The molecule has 0 aliphatic heterocycles. The number of ether oxygens (including phenoxy) is 2. The highest BCUT2D eigenvalue weighted by Gasteiger charge is 2.02. The second-order valence-corrected chi connectivity index (χ2v) is 4.77. The van der Waals surface area contributed by atoms with E-state index in [4.69, 9.17) is 9.47 Å². The molecule has 0 bridgehead atoms. The predicted molar refractivity (Wildman–Crippen MR) is 82.0 cm³/mol. The standard InChI is InChI=1S/C16H24N2O2/c1-3-20-11-9-18-8-6-15-5-4-14(12-16(15)18)13-17-7-10-19-2/h4-6,8,12,17H,3,7,9-11,13H2,1-2H3. The largest absolute Gasteiger partial charge is 0.383 e. The molecule has 20 heavy (non-hydrogen) atoms. The van der Waals surface area contributed by atoms with E-state index in [0.29, 0.717) is 0 Å². The molecule has 4 nitrogen and oxygen atoms in total. The summed E-state index contributed by atoms with van der Waals surface area (Å²) in [5, 5.41) is 4.65. The number of hydrogen-bond acceptors (Lipinski definition) is 3. The Bertz CT molecular complexity index is 522. The smallest absolute Gasteiger partial charge is 0.0645 e. The number of nitrogens with one attached hydrogen (secondary N) is 1. The van der Waals surface area contributed by atoms with Crippen molar-refractivity contribution in [2.75, 3.05) is 33.5 Å². The van der Waals surface area contributed by atoms with Crippen LogP contribution in [0.3, 0.4) is 0 Å². The first-order valence-corrected chi connectivity index (χ1v) is 7.20. The summed E-state index contributed by atoms with van der Waals surface area (Å²) in [7, 11) is 1.72. The lowest BCUT2D eigenvalue weighted by molar-refractivity contribution is 0.140. The molecule has 0 spiro atoms. The van der Waals surface area contributed by atoms with Crippen molar-refractivity contribution < 1.29 is 9.47 Å². The maximum atomic E-state index is 5.43. The van der Waals surface area contributed by atoms with Gasteiger partial charge in [0.15, 0.2) is 0 Å². The molecule has 0 atom stereocenters. The van der Waals surface area contributed by atoms with Crippen LogP contribution in [0.2, 0.25) is 0 Å². The molecule has 0 saturated carbocycles. The summed E-state index contributed by atoms with van der Waals surface area (Å²) in [6, 6.07) is 8.76. The second kappa shape index (κ2) is 8.04. The van der Waals surface area contributed by atoms with Crippen LogP contribution < -0.4 is 5.32 Å². The van der Waals surface area contributed by atoms with E-state index >= 15 is 0 Å². The van der Waals surface area contributed by atoms with Crippen LogP contribution in [0.25, 0.3) is 10.9 Å². The van der Waals surface area contributed by atoms with Crippen molar-refractivity contribution >= 4 is 10.9 Å². The summed E-state index contributed by atoms with van der Waals surface area (Å²) in [4.78, 5) is 0. The molecule has 1 aromatic carbocycles. The van der Waals surface area contributed by atoms with Crippen molar-refractivity contribution in [1.82, 2.24) is 9.88 Å². The Kier molecular flexibility index (Phi) is 6.05. The minimum Gasteiger partial charge on any atom is -0.383 e. The number of methoxy groups -OCH3 is 1. The van der Waals surface area contributed by atoms with Crippen LogP contribution in [-0.2, 0) is 22.6 Å². The Morgan fingerprint density at radius 2 is 2.10 bits per heavy atom. The highest BCUT2D eigenvalue weighted by molar-refractivity contribution is 5.80. The Morgan fingerprint density at radius 1 is 1.20 bits per heavy atom. The van der Waals surface area contributed by atoms with E-state index in [1.807, 2.05) is 6.92 Å². The van der Waals surface area contributed by atoms with Gasteiger partial charge in [0, 0.05) is 45.1 Å². The van der Waals surface area contributed by atoms with Gasteiger partial charge in [-0.1, -0.05) is 12.1 Å². The van der Waals surface area contributed by atoms with Crippen molar-refractivity contribution in [1.29, 1.82) is 0 Å². The molecule has 2 rings (SSSR count). The molecule has 0 amide bonds. The molecule has 110 valence electrons. The average Bonchev–Trinajstić information content (AvgIpc) is 2.87. The third-order valence-electron chi connectivity index (χ3n) is 3.33. The zero-order valence-corrected chi connectivity index (χ0v) is 12.4. The fourth-order valence-corrected chi connectivity index (χ4v) is 2.25. The monoisotopic (exact) mass is 276 g/mol. The number of nitrogens with zero attached hydrogens (tertiary/aromatic N) is 1. The average molecular weight is 276 g/mol. The molecule has 0 fully saturated rings. The minimum absolute atomic E-state index is 0.743. The molecular weight excluding hydrogens is 252 g/mol. The van der Waals surface area contributed by atoms with Crippen molar-refractivity contribution in [3.05, 3.63) is 36.0 Å². The van der Waals surface area contributed by atoms with Crippen molar-refractivity contribution in [3.8, 4) is 0 Å². The fraction of sp³-hybridized carbons (Fsp3) is 0.500. The lowest BCUT2D eigenvalue weighted by Crippen LogP contribution is -2.18. The molecule has 1 aromatic heterocycles. The van der Waals surface area contributed by atoms with Gasteiger partial charge < -0.3 is 19.4 Å². The summed E-state index contributed by atoms with van der Waals surface area (Å²) in [6.07, 6.45) is 2.13. The van der Waals surface area contributed by atoms with Crippen molar-refractivity contribution in [3.63, 3.8) is 0 Å². The zero-order chi connectivity index (χ0) is 14.2. The van der Waals surface area contributed by atoms with E-state index in [2.05, 4.69) is 40.3 Å². The van der Waals surface area contributed by atoms with Gasteiger partial charge in [-0.05, 0) is 30.0 Å². The molecule has 1 heterocycles. The van der Waals surface area contributed by atoms with Gasteiger partial charge in [0.2, 0.25) is 0 Å². The van der Waals surface area contributed by atoms with Crippen LogP contribution in [0, 0.1) is 0 Å². The second-order valence-electron chi connectivity index (χ2n) is 4.77. The van der Waals surface area contributed by atoms with Gasteiger partial charge in [-0.25, -0.2) is 0 Å². The van der Waals surface area contributed by atoms with Gasteiger partial charge >= 0.3 is 0 Å². The molecule has 0 aliphatic rings. The third-order valence-corrected chi connectivity index (χ3v) is 3.33. The number of aromatic nitrogens is 1. The molecule has 0 radical (unpaired) electrons. The number of fused-ring (bicyclic) bond motifs is 1. The van der Waals surface area contributed by atoms with Gasteiger partial charge in [-0.15, -0.1) is 0 Å². The minimum atomic E-state index is 0.743. The molecule has 0 unspecified atom stereocenters. The SMILES string of the molecule is CCOCCn1ccc2ccc(CNCCOC)cc21. The van der Waals surface area contributed by atoms with Crippen LogP contribution in [0.5, 0.6) is 0 Å². The summed E-state index contributed by atoms with van der Waals surface area (Å²) in [6.45, 7) is 6.95. The van der Waals surface area contributed by atoms with Gasteiger partial charge in [0.05, 0.1) is 13.2 Å². The molecular formula is C16H24N2O2. The Labute approximate surface area is 120 Å². The van der Waals surface area contributed by atoms with E-state index < -0.39 is 0 Å². The predicted octanol–water partition coefficient (Wildman–Crippen LogP) is 2.41. The van der Waals surface area contributed by atoms with Gasteiger partial charge in [0.1, 0.15) is 0 Å². The van der Waals surface area contributed by atoms with E-state index in [1.165, 1.54) is 16.5 Å². The Morgan fingerprint density at radius 3 is 2.90 bits per heavy atom. The fourth-order valence-electron chi connectivity index (χ4n) is 2.25. The van der Waals surface area contributed by atoms with Crippen LogP contribution in [-0.4, -0.2) is 38.0 Å². The first-order chi connectivity index (χ1) is 9.85. The first kappa shape index (κ1) is 15.0. The van der Waals surface area contributed by atoms with Crippen LogP contribution >= 0.6 is 0 Å². The Balaban J connectivity index is 2.00. The van der Waals surface area contributed by atoms with Crippen LogP contribution in [0.4, 0.5) is 0 Å². The summed E-state index contributed by atoms with van der Waals surface area (Å²) >= 11 is 0. The number of rotatable bonds is 9. The molecule has 0 aliphatic carbocycles. The van der Waals surface area contributed by atoms with Crippen molar-refractivity contribution in [2.24, 2.45) is 0 Å². The molecule has 2 aromatic rings. The van der Waals surface area contributed by atoms with Crippen LogP contribution in [0.1, 0.15) is 12.5 Å². The Hall–Kier alpha value is -1.36. The molecule has 4 heteroatoms. The van der Waals surface area contributed by atoms with Crippen molar-refractivity contribution in [2.45, 2.75) is 20.0 Å². The lowest BCUT2D eigenvalue weighted by Gasteiger charge is -2.08. The number of hydrogen-bond donors (Lipinski definition) is 1. The molecule has 1 N–H and O–H groups in total. The molecule has 0 saturated heterocycles. The normalized spacial score (nSPS) is 11.3. The van der Waals surface area contributed by atoms with E-state index in [1.54, 1.807) is 7.11 Å². The third kappa shape index (κ3) is 4.07. The highest BCUT2D eigenvalue weighted by Crippen LogP contribution is 2.17. The van der Waals surface area contributed by atoms with E-state index in [-0.39, 0.29) is 0 Å². The zero-order valence-electron chi connectivity index (χ0n) is 12.4. The summed E-state index contributed by atoms with van der Waals surface area (Å²) in [5.74, 6) is 0. The van der Waals surface area contributed by atoms with Gasteiger partial charge in [-0.3, -0.25) is 0 Å². The van der Waals surface area contributed by atoms with Crippen LogP contribution in [0.15, 0.2) is 30.5 Å².